The topological polar surface area (TPSA) is 123 Å². The number of nitro benzene ring substituents is 1. The van der Waals surface area contributed by atoms with E-state index in [0.29, 0.717) is 16.8 Å². The van der Waals surface area contributed by atoms with E-state index in [9.17, 15) is 19.7 Å². The molecule has 0 radical (unpaired) electrons. The van der Waals surface area contributed by atoms with E-state index >= 15 is 0 Å². The summed E-state index contributed by atoms with van der Waals surface area (Å²) < 4.78 is 6.10. The fourth-order valence-electron chi connectivity index (χ4n) is 2.08. The lowest BCUT2D eigenvalue weighted by Crippen LogP contribution is -2.48. The van der Waals surface area contributed by atoms with Crippen molar-refractivity contribution in [3.05, 3.63) is 68.2 Å². The van der Waals surface area contributed by atoms with Crippen LogP contribution in [0.25, 0.3) is 0 Å². The predicted octanol–water partition coefficient (Wildman–Crippen LogP) is 2.71. The van der Waals surface area contributed by atoms with Gasteiger partial charge in [0.1, 0.15) is 5.75 Å². The molecule has 11 heteroatoms. The number of non-ortho nitro benzene ring substituents is 1. The second-order valence-electron chi connectivity index (χ2n) is 5.24. The van der Waals surface area contributed by atoms with Crippen LogP contribution in [-0.2, 0) is 0 Å². The molecule has 0 heterocycles. The highest BCUT2D eigenvalue weighted by atomic mass is 79.9. The van der Waals surface area contributed by atoms with E-state index in [1.807, 2.05) is 0 Å². The molecule has 0 aliphatic carbocycles. The van der Waals surface area contributed by atoms with Crippen molar-refractivity contribution in [2.45, 2.75) is 6.92 Å². The average Bonchev–Trinajstić information content (AvgIpc) is 2.67. The summed E-state index contributed by atoms with van der Waals surface area (Å²) >= 11 is 8.28. The van der Waals surface area contributed by atoms with Gasteiger partial charge in [0.25, 0.3) is 17.5 Å². The van der Waals surface area contributed by atoms with Crippen LogP contribution < -0.4 is 20.9 Å². The molecule has 0 saturated carbocycles. The van der Waals surface area contributed by atoms with E-state index in [0.717, 1.165) is 0 Å². The second kappa shape index (κ2) is 9.76. The van der Waals surface area contributed by atoms with Crippen molar-refractivity contribution in [3.8, 4) is 5.75 Å². The molecule has 0 fully saturated rings. The molecule has 0 unspecified atom stereocenters. The molecular formula is C17H15BrN4O5S. The number of nitro groups is 1. The van der Waals surface area contributed by atoms with Crippen molar-refractivity contribution in [1.29, 1.82) is 0 Å². The first-order chi connectivity index (χ1) is 13.3. The molecule has 2 aromatic rings. The van der Waals surface area contributed by atoms with Gasteiger partial charge in [-0.25, -0.2) is 0 Å². The standard InChI is InChI=1S/C17H15BrN4O5S/c1-2-27-14-8-5-11(18)9-13(14)16(24)19-17(28)21-20-15(23)10-3-6-12(7-4-10)22(25)26/h3-9H,2H2,1H3,(H,20,23)(H2,19,21,24,28). The molecule has 0 bridgehead atoms. The Morgan fingerprint density at radius 2 is 1.82 bits per heavy atom. The van der Waals surface area contributed by atoms with Gasteiger partial charge in [-0.2, -0.15) is 0 Å². The Morgan fingerprint density at radius 1 is 1.14 bits per heavy atom. The first-order valence-electron chi connectivity index (χ1n) is 7.90. The minimum atomic E-state index is -0.580. The fraction of sp³-hybridized carbons (Fsp3) is 0.118. The van der Waals surface area contributed by atoms with E-state index in [1.54, 1.807) is 25.1 Å². The van der Waals surface area contributed by atoms with E-state index in [-0.39, 0.29) is 21.9 Å². The molecular weight excluding hydrogens is 452 g/mol. The third kappa shape index (κ3) is 5.72. The smallest absolute Gasteiger partial charge is 0.269 e. The number of halogens is 1. The highest BCUT2D eigenvalue weighted by molar-refractivity contribution is 9.10. The largest absolute Gasteiger partial charge is 0.493 e. The highest BCUT2D eigenvalue weighted by Crippen LogP contribution is 2.23. The molecule has 2 aromatic carbocycles. The van der Waals surface area contributed by atoms with Crippen LogP contribution in [-0.4, -0.2) is 28.5 Å². The zero-order valence-electron chi connectivity index (χ0n) is 14.5. The summed E-state index contributed by atoms with van der Waals surface area (Å²) in [6.07, 6.45) is 0. The summed E-state index contributed by atoms with van der Waals surface area (Å²) in [7, 11) is 0. The van der Waals surface area contributed by atoms with Crippen molar-refractivity contribution < 1.29 is 19.2 Å². The van der Waals surface area contributed by atoms with Crippen molar-refractivity contribution >= 4 is 50.8 Å². The molecule has 0 aliphatic rings. The van der Waals surface area contributed by atoms with Crippen LogP contribution in [0.1, 0.15) is 27.6 Å². The van der Waals surface area contributed by atoms with Gasteiger partial charge in [0, 0.05) is 22.2 Å². The zero-order chi connectivity index (χ0) is 20.7. The SMILES string of the molecule is CCOc1ccc(Br)cc1C(=O)NC(=S)NNC(=O)c1ccc([N+](=O)[O-])cc1. The number of benzene rings is 2. The Labute approximate surface area is 173 Å². The summed E-state index contributed by atoms with van der Waals surface area (Å²) in [6.45, 7) is 2.18. The Balaban J connectivity index is 1.95. The van der Waals surface area contributed by atoms with Crippen LogP contribution in [0.2, 0.25) is 0 Å². The molecule has 0 spiro atoms. The minimum Gasteiger partial charge on any atom is -0.493 e. The molecule has 0 saturated heterocycles. The number of nitrogens with one attached hydrogen (secondary N) is 3. The normalized spacial score (nSPS) is 9.93. The quantitative estimate of drug-likeness (QED) is 0.351. The summed E-state index contributed by atoms with van der Waals surface area (Å²) in [5.74, 6) is -0.711. The number of hydrogen-bond donors (Lipinski definition) is 3. The minimum absolute atomic E-state index is 0.133. The van der Waals surface area contributed by atoms with Crippen LogP contribution in [0.15, 0.2) is 46.9 Å². The van der Waals surface area contributed by atoms with Crippen LogP contribution in [0.5, 0.6) is 5.75 Å². The van der Waals surface area contributed by atoms with E-state index < -0.39 is 16.7 Å². The van der Waals surface area contributed by atoms with Gasteiger partial charge in [0.05, 0.1) is 17.1 Å². The molecule has 2 rings (SSSR count). The van der Waals surface area contributed by atoms with Gasteiger partial charge in [-0.05, 0) is 49.5 Å². The summed E-state index contributed by atoms with van der Waals surface area (Å²) in [5.41, 5.74) is 5.01. The molecule has 3 N–H and O–H groups in total. The van der Waals surface area contributed by atoms with E-state index in [2.05, 4.69) is 32.1 Å². The third-order valence-electron chi connectivity index (χ3n) is 3.34. The predicted molar refractivity (Wildman–Crippen MR) is 109 cm³/mol. The molecule has 9 nitrogen and oxygen atoms in total. The van der Waals surface area contributed by atoms with Gasteiger partial charge in [-0.15, -0.1) is 0 Å². The first kappa shape index (κ1) is 21.3. The van der Waals surface area contributed by atoms with Gasteiger partial charge < -0.3 is 4.74 Å². The number of carbonyl (C=O) groups excluding carboxylic acids is 2. The van der Waals surface area contributed by atoms with E-state index in [1.165, 1.54) is 24.3 Å². The number of ether oxygens (including phenoxy) is 1. The van der Waals surface area contributed by atoms with Crippen LogP contribution >= 0.6 is 28.1 Å². The van der Waals surface area contributed by atoms with Crippen LogP contribution in [0.4, 0.5) is 5.69 Å². The van der Waals surface area contributed by atoms with Crippen molar-refractivity contribution in [2.24, 2.45) is 0 Å². The maximum atomic E-state index is 12.4. The zero-order valence-corrected chi connectivity index (χ0v) is 16.9. The maximum absolute atomic E-state index is 12.4. The lowest BCUT2D eigenvalue weighted by molar-refractivity contribution is -0.384. The molecule has 146 valence electrons. The maximum Gasteiger partial charge on any atom is 0.269 e. The summed E-state index contributed by atoms with van der Waals surface area (Å²) in [4.78, 5) is 34.5. The Kier molecular flexibility index (Phi) is 7.41. The van der Waals surface area contributed by atoms with Crippen LogP contribution in [0.3, 0.4) is 0 Å². The number of thiocarbonyl (C=S) groups is 1. The van der Waals surface area contributed by atoms with E-state index in [4.69, 9.17) is 17.0 Å². The van der Waals surface area contributed by atoms with Gasteiger partial charge in [0.2, 0.25) is 0 Å². The molecule has 2 amide bonds. The van der Waals surface area contributed by atoms with Gasteiger partial charge in [0.15, 0.2) is 5.11 Å². The lowest BCUT2D eigenvalue weighted by Gasteiger charge is -2.13. The van der Waals surface area contributed by atoms with Gasteiger partial charge >= 0.3 is 0 Å². The fourth-order valence-corrected chi connectivity index (χ4v) is 2.59. The molecule has 0 aromatic heterocycles. The Hall–Kier alpha value is -3.05. The van der Waals surface area contributed by atoms with Crippen LogP contribution in [0, 0.1) is 10.1 Å². The van der Waals surface area contributed by atoms with Crippen molar-refractivity contribution in [1.82, 2.24) is 16.2 Å². The molecule has 0 atom stereocenters. The molecule has 0 aliphatic heterocycles. The number of rotatable bonds is 5. The lowest BCUT2D eigenvalue weighted by atomic mass is 10.2. The Bertz CT molecular complexity index is 920. The Morgan fingerprint density at radius 3 is 2.43 bits per heavy atom. The number of amides is 2. The average molecular weight is 467 g/mol. The number of hydrazine groups is 1. The monoisotopic (exact) mass is 466 g/mol. The third-order valence-corrected chi connectivity index (χ3v) is 4.04. The number of hydrogen-bond acceptors (Lipinski definition) is 6. The van der Waals surface area contributed by atoms with Gasteiger partial charge in [-0.1, -0.05) is 15.9 Å². The summed E-state index contributed by atoms with van der Waals surface area (Å²) in [5, 5.41) is 12.9. The van der Waals surface area contributed by atoms with Crippen molar-refractivity contribution in [3.63, 3.8) is 0 Å². The summed E-state index contributed by atoms with van der Waals surface area (Å²) in [6, 6.07) is 9.98. The van der Waals surface area contributed by atoms with Crippen molar-refractivity contribution in [2.75, 3.05) is 6.61 Å². The number of nitrogens with zero attached hydrogens (tertiary/aromatic N) is 1. The second-order valence-corrected chi connectivity index (χ2v) is 6.56. The first-order valence-corrected chi connectivity index (χ1v) is 9.10. The highest BCUT2D eigenvalue weighted by Gasteiger charge is 2.15. The number of carbonyl (C=O) groups is 2. The van der Waals surface area contributed by atoms with Gasteiger partial charge in [-0.3, -0.25) is 35.9 Å². The molecule has 28 heavy (non-hydrogen) atoms.